The van der Waals surface area contributed by atoms with Crippen molar-refractivity contribution in [2.24, 2.45) is 0 Å². The largest absolute Gasteiger partial charge is 0.495 e. The number of ether oxygens (including phenoxy) is 3. The lowest BCUT2D eigenvalue weighted by Crippen LogP contribution is -2.27. The summed E-state index contributed by atoms with van der Waals surface area (Å²) in [5, 5.41) is 2.76. The number of thioether (sulfide) groups is 1. The van der Waals surface area contributed by atoms with Crippen LogP contribution >= 0.6 is 24.0 Å². The minimum atomic E-state index is -0.304. The van der Waals surface area contributed by atoms with Gasteiger partial charge in [0.25, 0.3) is 11.8 Å². The number of nitrogens with one attached hydrogen (secondary N) is 1. The summed E-state index contributed by atoms with van der Waals surface area (Å²) in [6.07, 6.45) is 1.78. The molecule has 7 nitrogen and oxygen atoms in total. The van der Waals surface area contributed by atoms with Gasteiger partial charge in [-0.2, -0.15) is 0 Å². The van der Waals surface area contributed by atoms with Crippen molar-refractivity contribution in [2.45, 2.75) is 6.92 Å². The fraction of sp³-hybridized carbons (Fsp3) is 0.148. The van der Waals surface area contributed by atoms with Gasteiger partial charge in [-0.3, -0.25) is 14.5 Å². The molecule has 1 fully saturated rings. The molecule has 0 bridgehead atoms. The molecule has 0 spiro atoms. The number of para-hydroxylation sites is 2. The van der Waals surface area contributed by atoms with Crippen LogP contribution in [0.25, 0.3) is 6.08 Å². The van der Waals surface area contributed by atoms with Gasteiger partial charge in [-0.15, -0.1) is 0 Å². The van der Waals surface area contributed by atoms with Crippen LogP contribution in [0, 0.1) is 0 Å². The fourth-order valence-electron chi connectivity index (χ4n) is 3.44. The van der Waals surface area contributed by atoms with Crippen LogP contribution in [0.4, 0.5) is 11.4 Å². The summed E-state index contributed by atoms with van der Waals surface area (Å²) in [6, 6.07) is 21.5. The van der Waals surface area contributed by atoms with Crippen molar-refractivity contribution in [1.82, 2.24) is 0 Å². The van der Waals surface area contributed by atoms with Gasteiger partial charge in [-0.05, 0) is 67.1 Å². The highest BCUT2D eigenvalue weighted by Gasteiger charge is 2.33. The zero-order chi connectivity index (χ0) is 25.5. The standard InChI is InChI=1S/C27H24N2O5S2/c1-3-33-20-14-10-19(11-15-20)29-26(31)24(36-27(29)35)16-18-8-12-21(13-9-18)34-17-25(30)28-22-6-4-5-7-23(22)32-2/h4-16H,3,17H2,1-2H3,(H,28,30)/b24-16-. The van der Waals surface area contributed by atoms with Crippen LogP contribution in [0.15, 0.2) is 77.7 Å². The Labute approximate surface area is 219 Å². The van der Waals surface area contributed by atoms with E-state index in [0.717, 1.165) is 11.3 Å². The van der Waals surface area contributed by atoms with Crippen molar-refractivity contribution in [1.29, 1.82) is 0 Å². The van der Waals surface area contributed by atoms with E-state index >= 15 is 0 Å². The predicted octanol–water partition coefficient (Wildman–Crippen LogP) is 5.52. The van der Waals surface area contributed by atoms with Gasteiger partial charge in [0.15, 0.2) is 10.9 Å². The number of carbonyl (C=O) groups excluding carboxylic acids is 2. The lowest BCUT2D eigenvalue weighted by Gasteiger charge is -2.15. The van der Waals surface area contributed by atoms with E-state index in [-0.39, 0.29) is 18.4 Å². The number of thiocarbonyl (C=S) groups is 1. The van der Waals surface area contributed by atoms with Crippen LogP contribution in [0.3, 0.4) is 0 Å². The average Bonchev–Trinajstić information content (AvgIpc) is 3.17. The van der Waals surface area contributed by atoms with Crippen LogP contribution in [0.1, 0.15) is 12.5 Å². The van der Waals surface area contributed by atoms with E-state index in [0.29, 0.717) is 38.7 Å². The van der Waals surface area contributed by atoms with Crippen molar-refractivity contribution >= 4 is 57.6 Å². The van der Waals surface area contributed by atoms with Gasteiger partial charge in [0.05, 0.1) is 30.0 Å². The van der Waals surface area contributed by atoms with Crippen molar-refractivity contribution in [3.05, 3.63) is 83.3 Å². The third kappa shape index (κ3) is 6.05. The van der Waals surface area contributed by atoms with E-state index in [1.807, 2.05) is 55.5 Å². The van der Waals surface area contributed by atoms with Crippen molar-refractivity contribution in [2.75, 3.05) is 30.5 Å². The molecule has 0 radical (unpaired) electrons. The molecule has 1 saturated heterocycles. The van der Waals surface area contributed by atoms with Gasteiger partial charge in [-0.25, -0.2) is 0 Å². The van der Waals surface area contributed by atoms with E-state index in [2.05, 4.69) is 5.32 Å². The summed E-state index contributed by atoms with van der Waals surface area (Å²) < 4.78 is 16.8. The van der Waals surface area contributed by atoms with Crippen LogP contribution in [0.2, 0.25) is 0 Å². The van der Waals surface area contributed by atoms with Crippen molar-refractivity contribution < 1.29 is 23.8 Å². The molecule has 1 N–H and O–H groups in total. The first kappa shape index (κ1) is 25.3. The van der Waals surface area contributed by atoms with Gasteiger partial charge in [-0.1, -0.05) is 48.2 Å². The first-order chi connectivity index (χ1) is 17.5. The summed E-state index contributed by atoms with van der Waals surface area (Å²) in [5.41, 5.74) is 2.08. The van der Waals surface area contributed by atoms with Crippen LogP contribution < -0.4 is 24.4 Å². The Kier molecular flexibility index (Phi) is 8.24. The second kappa shape index (κ2) is 11.7. The number of hydrogen-bond donors (Lipinski definition) is 1. The molecule has 0 aromatic heterocycles. The summed E-state index contributed by atoms with van der Waals surface area (Å²) >= 11 is 6.70. The minimum Gasteiger partial charge on any atom is -0.495 e. The molecule has 1 aliphatic heterocycles. The fourth-order valence-corrected chi connectivity index (χ4v) is 4.74. The van der Waals surface area contributed by atoms with Crippen LogP contribution in [-0.4, -0.2) is 36.5 Å². The van der Waals surface area contributed by atoms with E-state index in [1.54, 1.807) is 37.5 Å². The molecule has 36 heavy (non-hydrogen) atoms. The molecule has 3 aromatic carbocycles. The van der Waals surface area contributed by atoms with Crippen molar-refractivity contribution in [3.8, 4) is 17.2 Å². The molecule has 0 atom stereocenters. The lowest BCUT2D eigenvalue weighted by molar-refractivity contribution is -0.118. The maximum atomic E-state index is 13.0. The average molecular weight is 521 g/mol. The van der Waals surface area contributed by atoms with Crippen LogP contribution in [0.5, 0.6) is 17.2 Å². The molecular formula is C27H24N2O5S2. The Balaban J connectivity index is 1.36. The number of hydrogen-bond acceptors (Lipinski definition) is 7. The van der Waals surface area contributed by atoms with E-state index in [9.17, 15) is 9.59 Å². The zero-order valence-electron chi connectivity index (χ0n) is 19.7. The third-order valence-electron chi connectivity index (χ3n) is 5.13. The molecule has 0 unspecified atom stereocenters. The molecule has 0 aliphatic carbocycles. The van der Waals surface area contributed by atoms with Gasteiger partial charge >= 0.3 is 0 Å². The summed E-state index contributed by atoms with van der Waals surface area (Å²) in [7, 11) is 1.54. The Bertz CT molecular complexity index is 1290. The van der Waals surface area contributed by atoms with Gasteiger partial charge in [0.1, 0.15) is 17.2 Å². The molecule has 2 amide bonds. The molecule has 1 heterocycles. The van der Waals surface area contributed by atoms with E-state index in [4.69, 9.17) is 26.4 Å². The first-order valence-electron chi connectivity index (χ1n) is 11.1. The highest BCUT2D eigenvalue weighted by Crippen LogP contribution is 2.36. The van der Waals surface area contributed by atoms with Crippen molar-refractivity contribution in [3.63, 3.8) is 0 Å². The number of nitrogens with zero attached hydrogens (tertiary/aromatic N) is 1. The number of rotatable bonds is 9. The van der Waals surface area contributed by atoms with E-state index < -0.39 is 0 Å². The maximum Gasteiger partial charge on any atom is 0.270 e. The molecular weight excluding hydrogens is 496 g/mol. The van der Waals surface area contributed by atoms with Crippen LogP contribution in [-0.2, 0) is 9.59 Å². The number of benzene rings is 3. The normalized spacial score (nSPS) is 14.2. The predicted molar refractivity (Wildman–Crippen MR) is 147 cm³/mol. The second-order valence-electron chi connectivity index (χ2n) is 7.55. The third-order valence-corrected chi connectivity index (χ3v) is 6.43. The zero-order valence-corrected chi connectivity index (χ0v) is 21.4. The highest BCUT2D eigenvalue weighted by molar-refractivity contribution is 8.27. The molecule has 184 valence electrons. The minimum absolute atomic E-state index is 0.155. The molecule has 0 saturated carbocycles. The second-order valence-corrected chi connectivity index (χ2v) is 9.23. The number of carbonyl (C=O) groups is 2. The smallest absolute Gasteiger partial charge is 0.270 e. The summed E-state index contributed by atoms with van der Waals surface area (Å²) in [5.74, 6) is 1.36. The topological polar surface area (TPSA) is 77.1 Å². The number of methoxy groups -OCH3 is 1. The lowest BCUT2D eigenvalue weighted by atomic mass is 10.2. The van der Waals surface area contributed by atoms with Gasteiger partial charge < -0.3 is 19.5 Å². The SMILES string of the molecule is CCOc1ccc(N2C(=O)/C(=C/c3ccc(OCC(=O)Nc4ccccc4OC)cc3)SC2=S)cc1. The Morgan fingerprint density at radius 2 is 1.67 bits per heavy atom. The monoisotopic (exact) mass is 520 g/mol. The molecule has 9 heteroatoms. The quantitative estimate of drug-likeness (QED) is 0.294. The molecule has 1 aliphatic rings. The van der Waals surface area contributed by atoms with Gasteiger partial charge in [0, 0.05) is 0 Å². The highest BCUT2D eigenvalue weighted by atomic mass is 32.2. The van der Waals surface area contributed by atoms with Gasteiger partial charge in [0.2, 0.25) is 0 Å². The molecule has 4 rings (SSSR count). The Morgan fingerprint density at radius 3 is 2.36 bits per heavy atom. The maximum absolute atomic E-state index is 13.0. The van der Waals surface area contributed by atoms with E-state index in [1.165, 1.54) is 16.7 Å². The Morgan fingerprint density at radius 1 is 1.00 bits per heavy atom. The summed E-state index contributed by atoms with van der Waals surface area (Å²) in [4.78, 5) is 27.3. The summed E-state index contributed by atoms with van der Waals surface area (Å²) in [6.45, 7) is 2.33. The first-order valence-corrected chi connectivity index (χ1v) is 12.4. The number of anilines is 2. The number of amides is 2. The molecule has 3 aromatic rings. The Hall–Kier alpha value is -3.82.